The van der Waals surface area contributed by atoms with Crippen LogP contribution in [-0.2, 0) is 4.74 Å². The number of benzene rings is 3. The number of rotatable bonds is 8. The highest BCUT2D eigenvalue weighted by molar-refractivity contribution is 6.09. The van der Waals surface area contributed by atoms with Crippen LogP contribution in [0.1, 0.15) is 41.3 Å². The van der Waals surface area contributed by atoms with E-state index in [4.69, 9.17) is 4.74 Å². The number of ether oxygens (including phenoxy) is 1. The number of hydrogen-bond donors (Lipinski definition) is 1. The van der Waals surface area contributed by atoms with Gasteiger partial charge in [-0.1, -0.05) is 50.2 Å². The van der Waals surface area contributed by atoms with Crippen LogP contribution < -0.4 is 10.2 Å². The number of carbonyl (C=O) groups excluding carboxylic acids is 1. The quantitative estimate of drug-likeness (QED) is 0.451. The maximum Gasteiger partial charge on any atom is 0.256 e. The van der Waals surface area contributed by atoms with Crippen molar-refractivity contribution >= 4 is 17.3 Å². The number of nitrogens with one attached hydrogen (secondary N) is 1. The van der Waals surface area contributed by atoms with Crippen LogP contribution in [0.4, 0.5) is 11.4 Å². The van der Waals surface area contributed by atoms with E-state index in [-0.39, 0.29) is 5.91 Å². The van der Waals surface area contributed by atoms with E-state index in [1.54, 1.807) is 7.11 Å². The predicted molar refractivity (Wildman–Crippen MR) is 146 cm³/mol. The Kier molecular flexibility index (Phi) is 8.21. The van der Waals surface area contributed by atoms with Crippen molar-refractivity contribution in [3.63, 3.8) is 0 Å². The smallest absolute Gasteiger partial charge is 0.256 e. The van der Waals surface area contributed by atoms with E-state index in [9.17, 15) is 4.79 Å². The zero-order valence-corrected chi connectivity index (χ0v) is 21.4. The van der Waals surface area contributed by atoms with E-state index in [1.165, 1.54) is 11.3 Å². The first-order valence-electron chi connectivity index (χ1n) is 12.5. The maximum atomic E-state index is 13.3. The number of anilines is 2. The molecule has 1 fully saturated rings. The number of methoxy groups -OCH3 is 1. The second kappa shape index (κ2) is 11.5. The Labute approximate surface area is 209 Å². The van der Waals surface area contributed by atoms with Crippen molar-refractivity contribution < 1.29 is 9.53 Å². The molecule has 3 aromatic carbocycles. The fourth-order valence-electron chi connectivity index (χ4n) is 4.68. The van der Waals surface area contributed by atoms with Gasteiger partial charge in [0, 0.05) is 56.8 Å². The van der Waals surface area contributed by atoms with E-state index in [2.05, 4.69) is 78.4 Å². The standard InChI is InChI=1S/C30H37N3O2/c1-22(2)24-8-10-25(11-9-24)29-23(3)6-5-7-28(29)30(34)31-26-12-14-27(15-13-26)33-18-16-32(17-19-33)20-21-35-4/h5-15,22H,16-21H2,1-4H3,(H,31,34). The number of nitrogens with zero attached hydrogens (tertiary/aromatic N) is 2. The van der Waals surface area contributed by atoms with Crippen LogP contribution >= 0.6 is 0 Å². The highest BCUT2D eigenvalue weighted by atomic mass is 16.5. The van der Waals surface area contributed by atoms with Crippen molar-refractivity contribution in [2.75, 3.05) is 56.7 Å². The molecule has 4 rings (SSSR count). The summed E-state index contributed by atoms with van der Waals surface area (Å²) >= 11 is 0. The molecule has 0 atom stereocenters. The number of hydrogen-bond acceptors (Lipinski definition) is 4. The Morgan fingerprint density at radius 1 is 0.943 bits per heavy atom. The average Bonchev–Trinajstić information content (AvgIpc) is 2.88. The number of aryl methyl sites for hydroxylation is 1. The highest BCUT2D eigenvalue weighted by Crippen LogP contribution is 2.30. The van der Waals surface area contributed by atoms with Gasteiger partial charge in [0.15, 0.2) is 0 Å². The summed E-state index contributed by atoms with van der Waals surface area (Å²) in [5, 5.41) is 3.11. The van der Waals surface area contributed by atoms with Gasteiger partial charge in [-0.05, 0) is 65.4 Å². The Bertz CT molecular complexity index is 1120. The summed E-state index contributed by atoms with van der Waals surface area (Å²) in [6.45, 7) is 12.3. The molecular weight excluding hydrogens is 434 g/mol. The molecule has 35 heavy (non-hydrogen) atoms. The molecule has 1 aliphatic heterocycles. The van der Waals surface area contributed by atoms with Crippen LogP contribution in [0.5, 0.6) is 0 Å². The third kappa shape index (κ3) is 6.11. The second-order valence-corrected chi connectivity index (χ2v) is 9.60. The molecule has 184 valence electrons. The summed E-state index contributed by atoms with van der Waals surface area (Å²) in [6.07, 6.45) is 0. The third-order valence-corrected chi connectivity index (χ3v) is 6.86. The van der Waals surface area contributed by atoms with Gasteiger partial charge in [0.25, 0.3) is 5.91 Å². The van der Waals surface area contributed by atoms with E-state index in [0.717, 1.165) is 61.7 Å². The molecule has 0 radical (unpaired) electrons. The van der Waals surface area contributed by atoms with E-state index in [0.29, 0.717) is 11.5 Å². The molecule has 1 aliphatic rings. The summed E-state index contributed by atoms with van der Waals surface area (Å²) in [6, 6.07) is 22.7. The van der Waals surface area contributed by atoms with Gasteiger partial charge in [0.05, 0.1) is 6.61 Å². The van der Waals surface area contributed by atoms with E-state index in [1.807, 2.05) is 24.3 Å². The maximum absolute atomic E-state index is 13.3. The molecule has 1 N–H and O–H groups in total. The minimum Gasteiger partial charge on any atom is -0.383 e. The lowest BCUT2D eigenvalue weighted by Gasteiger charge is -2.36. The van der Waals surface area contributed by atoms with Crippen molar-refractivity contribution in [2.24, 2.45) is 0 Å². The number of carbonyl (C=O) groups is 1. The fraction of sp³-hybridized carbons (Fsp3) is 0.367. The summed E-state index contributed by atoms with van der Waals surface area (Å²) < 4.78 is 5.20. The van der Waals surface area contributed by atoms with Crippen molar-refractivity contribution in [3.8, 4) is 11.1 Å². The summed E-state index contributed by atoms with van der Waals surface area (Å²) in [4.78, 5) is 18.1. The van der Waals surface area contributed by atoms with E-state index < -0.39 is 0 Å². The summed E-state index contributed by atoms with van der Waals surface area (Å²) in [5.41, 5.74) is 7.13. The highest BCUT2D eigenvalue weighted by Gasteiger charge is 2.18. The molecular formula is C30H37N3O2. The predicted octanol–water partition coefficient (Wildman–Crippen LogP) is 5.81. The van der Waals surface area contributed by atoms with E-state index >= 15 is 0 Å². The Morgan fingerprint density at radius 3 is 2.26 bits per heavy atom. The molecule has 5 nitrogen and oxygen atoms in total. The van der Waals surface area contributed by atoms with Gasteiger partial charge in [-0.2, -0.15) is 0 Å². The third-order valence-electron chi connectivity index (χ3n) is 6.86. The zero-order chi connectivity index (χ0) is 24.8. The van der Waals surface area contributed by atoms with Crippen LogP contribution in [0.25, 0.3) is 11.1 Å². The van der Waals surface area contributed by atoms with Crippen molar-refractivity contribution in [1.29, 1.82) is 0 Å². The Hall–Kier alpha value is -3.15. The monoisotopic (exact) mass is 471 g/mol. The molecule has 0 aromatic heterocycles. The molecule has 3 aromatic rings. The number of amides is 1. The summed E-state index contributed by atoms with van der Waals surface area (Å²) in [5.74, 6) is 0.391. The molecule has 1 saturated heterocycles. The van der Waals surface area contributed by atoms with Gasteiger partial charge < -0.3 is 15.0 Å². The van der Waals surface area contributed by atoms with Crippen molar-refractivity contribution in [3.05, 3.63) is 83.4 Å². The largest absolute Gasteiger partial charge is 0.383 e. The van der Waals surface area contributed by atoms with Crippen molar-refractivity contribution in [1.82, 2.24) is 4.90 Å². The molecule has 1 amide bonds. The van der Waals surface area contributed by atoms with Crippen molar-refractivity contribution in [2.45, 2.75) is 26.7 Å². The van der Waals surface area contributed by atoms with Gasteiger partial charge in [0.2, 0.25) is 0 Å². The minimum atomic E-state index is -0.0869. The first-order chi connectivity index (χ1) is 17.0. The first-order valence-corrected chi connectivity index (χ1v) is 12.5. The van der Waals surface area contributed by atoms with Gasteiger partial charge in [-0.3, -0.25) is 9.69 Å². The van der Waals surface area contributed by atoms with Gasteiger partial charge in [-0.25, -0.2) is 0 Å². The average molecular weight is 472 g/mol. The zero-order valence-electron chi connectivity index (χ0n) is 21.4. The van der Waals surface area contributed by atoms with Crippen LogP contribution in [0.2, 0.25) is 0 Å². The van der Waals surface area contributed by atoms with Gasteiger partial charge in [-0.15, -0.1) is 0 Å². The number of piperazine rings is 1. The summed E-state index contributed by atoms with van der Waals surface area (Å²) in [7, 11) is 1.75. The Balaban J connectivity index is 1.45. The fourth-order valence-corrected chi connectivity index (χ4v) is 4.68. The lowest BCUT2D eigenvalue weighted by molar-refractivity contribution is 0.102. The van der Waals surface area contributed by atoms with Crippen LogP contribution in [0.15, 0.2) is 66.7 Å². The van der Waals surface area contributed by atoms with Crippen LogP contribution in [-0.4, -0.2) is 57.2 Å². The molecule has 0 unspecified atom stereocenters. The second-order valence-electron chi connectivity index (χ2n) is 9.60. The SMILES string of the molecule is COCCN1CCN(c2ccc(NC(=O)c3cccc(C)c3-c3ccc(C(C)C)cc3)cc2)CC1. The van der Waals surface area contributed by atoms with Gasteiger partial charge in [0.1, 0.15) is 0 Å². The molecule has 5 heteroatoms. The lowest BCUT2D eigenvalue weighted by atomic mass is 9.92. The molecule has 0 spiro atoms. The first kappa shape index (κ1) is 25.0. The molecule has 1 heterocycles. The van der Waals surface area contributed by atoms with Crippen LogP contribution in [0.3, 0.4) is 0 Å². The topological polar surface area (TPSA) is 44.8 Å². The normalized spacial score (nSPS) is 14.4. The lowest BCUT2D eigenvalue weighted by Crippen LogP contribution is -2.47. The Morgan fingerprint density at radius 2 is 1.63 bits per heavy atom. The van der Waals surface area contributed by atoms with Crippen LogP contribution in [0, 0.1) is 6.92 Å². The molecule has 0 saturated carbocycles. The molecule has 0 aliphatic carbocycles. The minimum absolute atomic E-state index is 0.0869. The van der Waals surface area contributed by atoms with Gasteiger partial charge >= 0.3 is 0 Å². The molecule has 0 bridgehead atoms.